The molecule has 0 spiro atoms. The lowest BCUT2D eigenvalue weighted by Crippen LogP contribution is -2.12. The van der Waals surface area contributed by atoms with E-state index in [9.17, 15) is 4.79 Å². The topological polar surface area (TPSA) is 82.8 Å². The van der Waals surface area contributed by atoms with Crippen LogP contribution in [0.25, 0.3) is 0 Å². The van der Waals surface area contributed by atoms with Crippen molar-refractivity contribution in [3.63, 3.8) is 0 Å². The fourth-order valence-corrected chi connectivity index (χ4v) is 2.25. The van der Waals surface area contributed by atoms with Gasteiger partial charge in [-0.1, -0.05) is 13.3 Å². The molecule has 20 heavy (non-hydrogen) atoms. The second-order valence-electron chi connectivity index (χ2n) is 4.37. The van der Waals surface area contributed by atoms with Crippen molar-refractivity contribution in [2.75, 3.05) is 0 Å². The van der Waals surface area contributed by atoms with Crippen LogP contribution in [0.1, 0.15) is 36.3 Å². The van der Waals surface area contributed by atoms with E-state index in [0.717, 1.165) is 30.1 Å². The number of ether oxygens (including phenoxy) is 1. The van der Waals surface area contributed by atoms with E-state index in [0.29, 0.717) is 5.82 Å². The van der Waals surface area contributed by atoms with Crippen LogP contribution >= 0.6 is 11.3 Å². The molecule has 2 aromatic heterocycles. The van der Waals surface area contributed by atoms with E-state index in [2.05, 4.69) is 27.4 Å². The molecule has 0 amide bonds. The summed E-state index contributed by atoms with van der Waals surface area (Å²) in [6.07, 6.45) is 2.23. The molecule has 0 aromatic carbocycles. The number of aromatic nitrogens is 5. The van der Waals surface area contributed by atoms with Crippen LogP contribution in [0.15, 0.2) is 5.38 Å². The minimum atomic E-state index is -0.319. The molecule has 108 valence electrons. The Morgan fingerprint density at radius 2 is 2.35 bits per heavy atom. The van der Waals surface area contributed by atoms with Gasteiger partial charge < -0.3 is 4.74 Å². The molecule has 0 unspecified atom stereocenters. The molecule has 0 radical (unpaired) electrons. The van der Waals surface area contributed by atoms with Crippen molar-refractivity contribution in [2.24, 2.45) is 0 Å². The predicted molar refractivity (Wildman–Crippen MR) is 73.1 cm³/mol. The van der Waals surface area contributed by atoms with Crippen LogP contribution < -0.4 is 0 Å². The van der Waals surface area contributed by atoms with Gasteiger partial charge in [-0.15, -0.1) is 16.4 Å². The fourth-order valence-electron chi connectivity index (χ4n) is 1.64. The summed E-state index contributed by atoms with van der Waals surface area (Å²) in [7, 11) is 0. The van der Waals surface area contributed by atoms with Gasteiger partial charge in [0.2, 0.25) is 0 Å². The highest BCUT2D eigenvalue weighted by molar-refractivity contribution is 7.09. The Morgan fingerprint density at radius 3 is 3.05 bits per heavy atom. The van der Waals surface area contributed by atoms with Crippen molar-refractivity contribution >= 4 is 17.3 Å². The number of nitrogens with zero attached hydrogens (tertiary/aromatic N) is 5. The average molecular weight is 295 g/mol. The molecule has 0 saturated heterocycles. The van der Waals surface area contributed by atoms with Crippen molar-refractivity contribution in [3.05, 3.63) is 21.9 Å². The first kappa shape index (κ1) is 14.6. The van der Waals surface area contributed by atoms with Gasteiger partial charge in [-0.3, -0.25) is 4.79 Å². The van der Waals surface area contributed by atoms with Crippen molar-refractivity contribution < 1.29 is 9.53 Å². The lowest BCUT2D eigenvalue weighted by atomic mass is 10.3. The molecular weight excluding hydrogens is 278 g/mol. The van der Waals surface area contributed by atoms with Crippen LogP contribution in [0, 0.1) is 6.92 Å². The van der Waals surface area contributed by atoms with Crippen LogP contribution in [0.4, 0.5) is 0 Å². The molecule has 2 heterocycles. The smallest absolute Gasteiger partial charge is 0.312 e. The Morgan fingerprint density at radius 1 is 1.50 bits per heavy atom. The summed E-state index contributed by atoms with van der Waals surface area (Å²) in [5.41, 5.74) is 0.739. The molecule has 2 aromatic rings. The van der Waals surface area contributed by atoms with E-state index in [4.69, 9.17) is 4.74 Å². The maximum absolute atomic E-state index is 11.7. The zero-order valence-electron chi connectivity index (χ0n) is 11.6. The highest BCUT2D eigenvalue weighted by Gasteiger charge is 2.11. The number of esters is 1. The molecule has 0 bridgehead atoms. The summed E-state index contributed by atoms with van der Waals surface area (Å²) in [5.74, 6) is 0.251. The van der Waals surface area contributed by atoms with Crippen molar-refractivity contribution in [1.82, 2.24) is 25.2 Å². The maximum atomic E-state index is 11.7. The lowest BCUT2D eigenvalue weighted by Gasteiger charge is -2.04. The summed E-state index contributed by atoms with van der Waals surface area (Å²) >= 11 is 1.52. The van der Waals surface area contributed by atoms with Crippen molar-refractivity contribution in [3.8, 4) is 0 Å². The summed E-state index contributed by atoms with van der Waals surface area (Å²) in [5, 5.41) is 14.1. The Hall–Kier alpha value is -1.83. The van der Waals surface area contributed by atoms with Crippen molar-refractivity contribution in [2.45, 2.75) is 46.3 Å². The summed E-state index contributed by atoms with van der Waals surface area (Å²) in [4.78, 5) is 15.9. The quantitative estimate of drug-likeness (QED) is 0.720. The molecule has 0 aliphatic carbocycles. The normalized spacial score (nSPS) is 10.7. The van der Waals surface area contributed by atoms with Crippen LogP contribution in [-0.2, 0) is 29.1 Å². The van der Waals surface area contributed by atoms with Crippen molar-refractivity contribution in [1.29, 1.82) is 0 Å². The Bertz CT molecular complexity index is 566. The largest absolute Gasteiger partial charge is 0.457 e. The van der Waals surface area contributed by atoms with Gasteiger partial charge in [0.1, 0.15) is 0 Å². The molecule has 0 aliphatic rings. The van der Waals surface area contributed by atoms with E-state index in [1.807, 2.05) is 12.3 Å². The van der Waals surface area contributed by atoms with Crippen LogP contribution in [-0.4, -0.2) is 31.2 Å². The van der Waals surface area contributed by atoms with Crippen LogP contribution in [0.2, 0.25) is 0 Å². The monoisotopic (exact) mass is 295 g/mol. The maximum Gasteiger partial charge on any atom is 0.312 e. The first-order valence-electron chi connectivity index (χ1n) is 6.50. The molecule has 7 nitrogen and oxygen atoms in total. The van der Waals surface area contributed by atoms with Gasteiger partial charge in [0.05, 0.1) is 17.1 Å². The van der Waals surface area contributed by atoms with Gasteiger partial charge in [-0.2, -0.15) is 0 Å². The number of tetrazole rings is 1. The molecule has 0 fully saturated rings. The minimum absolute atomic E-state index is 0.0959. The first-order valence-corrected chi connectivity index (χ1v) is 7.38. The van der Waals surface area contributed by atoms with E-state index in [-0.39, 0.29) is 19.0 Å². The van der Waals surface area contributed by atoms with Crippen LogP contribution in [0.5, 0.6) is 0 Å². The van der Waals surface area contributed by atoms with Gasteiger partial charge in [0.25, 0.3) is 0 Å². The third-order valence-electron chi connectivity index (χ3n) is 2.68. The number of aryl methyl sites for hydroxylation is 2. The van der Waals surface area contributed by atoms with E-state index in [1.165, 1.54) is 11.3 Å². The SMILES string of the molecule is CCCCn1nnnc1COC(=O)Cc1csc(C)n1. The molecule has 0 atom stereocenters. The summed E-state index contributed by atoms with van der Waals surface area (Å²) in [6.45, 7) is 4.83. The number of unbranched alkanes of at least 4 members (excludes halogenated alkanes) is 1. The molecule has 0 N–H and O–H groups in total. The Kier molecular flexibility index (Phi) is 5.16. The van der Waals surface area contributed by atoms with Gasteiger partial charge in [0, 0.05) is 11.9 Å². The predicted octanol–water partition coefficient (Wildman–Crippen LogP) is 1.52. The van der Waals surface area contributed by atoms with E-state index >= 15 is 0 Å². The number of rotatable bonds is 7. The second kappa shape index (κ2) is 7.09. The van der Waals surface area contributed by atoms with Gasteiger partial charge in [0.15, 0.2) is 12.4 Å². The molecule has 0 aliphatic heterocycles. The van der Waals surface area contributed by atoms with E-state index < -0.39 is 0 Å². The second-order valence-corrected chi connectivity index (χ2v) is 5.43. The highest BCUT2D eigenvalue weighted by atomic mass is 32.1. The lowest BCUT2D eigenvalue weighted by molar-refractivity contribution is -0.144. The standard InChI is InChI=1S/C12H17N5O2S/c1-3-4-5-17-11(14-15-16-17)7-19-12(18)6-10-8-20-9(2)13-10/h8H,3-7H2,1-2H3. The van der Waals surface area contributed by atoms with E-state index in [1.54, 1.807) is 4.68 Å². The number of carbonyl (C=O) groups excluding carboxylic acids is 1. The number of hydrogen-bond donors (Lipinski definition) is 0. The van der Waals surface area contributed by atoms with Gasteiger partial charge >= 0.3 is 5.97 Å². The molecular formula is C12H17N5O2S. The van der Waals surface area contributed by atoms with Gasteiger partial charge in [-0.05, 0) is 23.8 Å². The molecule has 8 heteroatoms. The first-order chi connectivity index (χ1) is 9.69. The zero-order chi connectivity index (χ0) is 14.4. The minimum Gasteiger partial charge on any atom is -0.457 e. The Labute approximate surface area is 121 Å². The molecule has 0 saturated carbocycles. The zero-order valence-corrected chi connectivity index (χ0v) is 12.4. The van der Waals surface area contributed by atoms with Crippen LogP contribution in [0.3, 0.4) is 0 Å². The highest BCUT2D eigenvalue weighted by Crippen LogP contribution is 2.09. The fraction of sp³-hybridized carbons (Fsp3) is 0.583. The summed E-state index contributed by atoms with van der Waals surface area (Å²) in [6, 6.07) is 0. The summed E-state index contributed by atoms with van der Waals surface area (Å²) < 4.78 is 6.85. The number of carbonyl (C=O) groups is 1. The average Bonchev–Trinajstić information content (AvgIpc) is 3.03. The molecule has 2 rings (SSSR count). The Balaban J connectivity index is 1.82. The number of hydrogen-bond acceptors (Lipinski definition) is 7. The third-order valence-corrected chi connectivity index (χ3v) is 3.51. The van der Waals surface area contributed by atoms with Gasteiger partial charge in [-0.25, -0.2) is 9.67 Å². The number of thiazole rings is 1. The third kappa shape index (κ3) is 4.09.